The zero-order valence-electron chi connectivity index (χ0n) is 10.4. The molecule has 4 N–H and O–H groups in total. The molecule has 0 bridgehead atoms. The predicted molar refractivity (Wildman–Crippen MR) is 76.7 cm³/mol. The summed E-state index contributed by atoms with van der Waals surface area (Å²) in [5, 5.41) is 5.07. The minimum atomic E-state index is -3.78. The second-order valence-corrected chi connectivity index (χ2v) is 5.69. The number of sulfonamides is 1. The summed E-state index contributed by atoms with van der Waals surface area (Å²) in [5.74, 6) is 0. The summed E-state index contributed by atoms with van der Waals surface area (Å²) in [6.45, 7) is 0. The molecule has 0 heterocycles. The Morgan fingerprint density at radius 1 is 1.00 bits per heavy atom. The summed E-state index contributed by atoms with van der Waals surface area (Å²) in [7, 11) is -1.91. The van der Waals surface area contributed by atoms with Crippen molar-refractivity contribution < 1.29 is 8.42 Å². The molecule has 0 atom stereocenters. The standard InChI is InChI=1S/C13H15N3O2S/c1-16(10-5-3-2-4-6-10)11-7-8-13(12(14)9-11)19(15,17)18/h2-9H,14H2,1H3,(H2,15,17,18). The molecule has 0 aliphatic rings. The molecule has 19 heavy (non-hydrogen) atoms. The second-order valence-electron chi connectivity index (χ2n) is 4.16. The molecule has 0 spiro atoms. The van der Waals surface area contributed by atoms with Crippen molar-refractivity contribution in [3.63, 3.8) is 0 Å². The lowest BCUT2D eigenvalue weighted by molar-refractivity contribution is 0.598. The molecule has 0 saturated heterocycles. The van der Waals surface area contributed by atoms with Crippen LogP contribution in [0.25, 0.3) is 0 Å². The lowest BCUT2D eigenvalue weighted by atomic mass is 10.2. The van der Waals surface area contributed by atoms with Crippen molar-refractivity contribution in [3.8, 4) is 0 Å². The number of hydrogen-bond donors (Lipinski definition) is 2. The summed E-state index contributed by atoms with van der Waals surface area (Å²) >= 11 is 0. The topological polar surface area (TPSA) is 89.4 Å². The van der Waals surface area contributed by atoms with E-state index in [1.54, 1.807) is 12.1 Å². The van der Waals surface area contributed by atoms with E-state index < -0.39 is 10.0 Å². The Hall–Kier alpha value is -2.05. The minimum absolute atomic E-state index is 0.0577. The van der Waals surface area contributed by atoms with E-state index in [1.165, 1.54) is 6.07 Å². The van der Waals surface area contributed by atoms with E-state index in [9.17, 15) is 8.42 Å². The van der Waals surface area contributed by atoms with Crippen LogP contribution >= 0.6 is 0 Å². The van der Waals surface area contributed by atoms with Gasteiger partial charge in [-0.15, -0.1) is 0 Å². The first kappa shape index (κ1) is 13.4. The van der Waals surface area contributed by atoms with Crippen molar-refractivity contribution in [2.45, 2.75) is 4.90 Å². The highest BCUT2D eigenvalue weighted by Crippen LogP contribution is 2.28. The molecule has 6 heteroatoms. The highest BCUT2D eigenvalue weighted by Gasteiger charge is 2.13. The summed E-state index contributed by atoms with van der Waals surface area (Å²) < 4.78 is 22.6. The fourth-order valence-corrected chi connectivity index (χ4v) is 2.45. The molecule has 0 radical (unpaired) electrons. The first-order valence-electron chi connectivity index (χ1n) is 5.60. The molecule has 0 aromatic heterocycles. The van der Waals surface area contributed by atoms with Crippen LogP contribution in [0, 0.1) is 0 Å². The zero-order chi connectivity index (χ0) is 14.0. The van der Waals surface area contributed by atoms with E-state index in [4.69, 9.17) is 10.9 Å². The van der Waals surface area contributed by atoms with E-state index in [2.05, 4.69) is 0 Å². The molecule has 5 nitrogen and oxygen atoms in total. The van der Waals surface area contributed by atoms with E-state index in [0.29, 0.717) is 0 Å². The van der Waals surface area contributed by atoms with E-state index in [1.807, 2.05) is 42.3 Å². The van der Waals surface area contributed by atoms with Crippen molar-refractivity contribution in [2.75, 3.05) is 17.7 Å². The van der Waals surface area contributed by atoms with E-state index in [-0.39, 0.29) is 10.6 Å². The van der Waals surface area contributed by atoms with E-state index in [0.717, 1.165) is 11.4 Å². The number of rotatable bonds is 3. The van der Waals surface area contributed by atoms with Crippen LogP contribution in [0.1, 0.15) is 0 Å². The zero-order valence-corrected chi connectivity index (χ0v) is 11.3. The van der Waals surface area contributed by atoms with Crippen LogP contribution < -0.4 is 15.8 Å². The Bertz CT molecular complexity index is 684. The van der Waals surface area contributed by atoms with Gasteiger partial charge >= 0.3 is 0 Å². The molecule has 0 amide bonds. The Kier molecular flexibility index (Phi) is 3.46. The highest BCUT2D eigenvalue weighted by atomic mass is 32.2. The molecule has 100 valence electrons. The quantitative estimate of drug-likeness (QED) is 0.835. The summed E-state index contributed by atoms with van der Waals surface area (Å²) in [6, 6.07) is 14.3. The summed E-state index contributed by atoms with van der Waals surface area (Å²) in [4.78, 5) is 1.85. The van der Waals surface area contributed by atoms with Crippen LogP contribution in [0.15, 0.2) is 53.4 Å². The van der Waals surface area contributed by atoms with Gasteiger partial charge < -0.3 is 10.6 Å². The van der Waals surface area contributed by atoms with Crippen molar-refractivity contribution in [1.82, 2.24) is 0 Å². The van der Waals surface area contributed by atoms with Gasteiger partial charge in [0.2, 0.25) is 10.0 Å². The van der Waals surface area contributed by atoms with Gasteiger partial charge in [-0.3, -0.25) is 0 Å². The number of primary sulfonamides is 1. The largest absolute Gasteiger partial charge is 0.398 e. The average Bonchev–Trinajstić information content (AvgIpc) is 2.37. The summed E-state index contributed by atoms with van der Waals surface area (Å²) in [6.07, 6.45) is 0. The van der Waals surface area contributed by atoms with Gasteiger partial charge in [-0.05, 0) is 30.3 Å². The van der Waals surface area contributed by atoms with Crippen LogP contribution in [0.4, 0.5) is 17.1 Å². The number of hydrogen-bond acceptors (Lipinski definition) is 4. The maximum absolute atomic E-state index is 11.3. The number of anilines is 3. The fourth-order valence-electron chi connectivity index (χ4n) is 1.80. The molecule has 0 aliphatic heterocycles. The molecule has 0 unspecified atom stereocenters. The van der Waals surface area contributed by atoms with Gasteiger partial charge in [0.25, 0.3) is 0 Å². The van der Waals surface area contributed by atoms with Gasteiger partial charge in [-0.1, -0.05) is 18.2 Å². The van der Waals surface area contributed by atoms with Crippen molar-refractivity contribution in [1.29, 1.82) is 0 Å². The number of para-hydroxylation sites is 1. The van der Waals surface area contributed by atoms with Gasteiger partial charge in [-0.2, -0.15) is 0 Å². The molecular weight excluding hydrogens is 262 g/mol. The van der Waals surface area contributed by atoms with Gasteiger partial charge in [-0.25, -0.2) is 13.6 Å². The molecule has 0 saturated carbocycles. The van der Waals surface area contributed by atoms with Crippen LogP contribution in [0.2, 0.25) is 0 Å². The second kappa shape index (κ2) is 4.91. The van der Waals surface area contributed by atoms with Gasteiger partial charge in [0.05, 0.1) is 5.69 Å². The van der Waals surface area contributed by atoms with Crippen LogP contribution in [-0.2, 0) is 10.0 Å². The third-order valence-electron chi connectivity index (χ3n) is 2.83. The molecule has 0 aliphatic carbocycles. The molecule has 0 fully saturated rings. The van der Waals surface area contributed by atoms with Gasteiger partial charge in [0.15, 0.2) is 0 Å². The van der Waals surface area contributed by atoms with Crippen LogP contribution in [0.5, 0.6) is 0 Å². The summed E-state index contributed by atoms with van der Waals surface area (Å²) in [5.41, 5.74) is 7.64. The molecular formula is C13H15N3O2S. The van der Waals surface area contributed by atoms with Gasteiger partial charge in [0, 0.05) is 18.4 Å². The molecule has 2 aromatic carbocycles. The number of nitrogens with zero attached hydrogens (tertiary/aromatic N) is 1. The van der Waals surface area contributed by atoms with Crippen LogP contribution in [0.3, 0.4) is 0 Å². The highest BCUT2D eigenvalue weighted by molar-refractivity contribution is 7.89. The molecule has 2 aromatic rings. The average molecular weight is 277 g/mol. The maximum atomic E-state index is 11.3. The fraction of sp³-hybridized carbons (Fsp3) is 0.0769. The lowest BCUT2D eigenvalue weighted by Gasteiger charge is -2.20. The predicted octanol–water partition coefficient (Wildman–Crippen LogP) is 1.68. The van der Waals surface area contributed by atoms with Crippen molar-refractivity contribution in [2.24, 2.45) is 5.14 Å². The van der Waals surface area contributed by atoms with Crippen LogP contribution in [-0.4, -0.2) is 15.5 Å². The Balaban J connectivity index is 2.41. The monoisotopic (exact) mass is 277 g/mol. The van der Waals surface area contributed by atoms with E-state index >= 15 is 0 Å². The van der Waals surface area contributed by atoms with Crippen molar-refractivity contribution >= 4 is 27.1 Å². The third-order valence-corrected chi connectivity index (χ3v) is 3.82. The Morgan fingerprint density at radius 2 is 1.63 bits per heavy atom. The first-order chi connectivity index (χ1) is 8.89. The van der Waals surface area contributed by atoms with Gasteiger partial charge in [0.1, 0.15) is 4.90 Å². The lowest BCUT2D eigenvalue weighted by Crippen LogP contribution is -2.15. The normalized spacial score (nSPS) is 11.3. The Labute approximate surface area is 112 Å². The first-order valence-corrected chi connectivity index (χ1v) is 7.15. The SMILES string of the molecule is CN(c1ccccc1)c1ccc(S(N)(=O)=O)c(N)c1. The Morgan fingerprint density at radius 3 is 2.16 bits per heavy atom. The maximum Gasteiger partial charge on any atom is 0.240 e. The third kappa shape index (κ3) is 2.86. The molecule has 2 rings (SSSR count). The minimum Gasteiger partial charge on any atom is -0.398 e. The smallest absolute Gasteiger partial charge is 0.240 e. The number of nitrogens with two attached hydrogens (primary N) is 2. The number of nitrogen functional groups attached to an aromatic ring is 1. The van der Waals surface area contributed by atoms with Crippen molar-refractivity contribution in [3.05, 3.63) is 48.5 Å². The number of benzene rings is 2.